The third-order valence-electron chi connectivity index (χ3n) is 7.10. The molecule has 0 saturated carbocycles. The van der Waals surface area contributed by atoms with Gasteiger partial charge in [-0.2, -0.15) is 0 Å². The maximum Gasteiger partial charge on any atom is 0.171 e. The minimum Gasteiger partial charge on any atom is -0.497 e. The topological polar surface area (TPSA) is 48.0 Å². The first-order valence-electron chi connectivity index (χ1n) is 12.6. The molecule has 2 aliphatic heterocycles. The number of fused-ring (bicyclic) bond motifs is 1. The Morgan fingerprint density at radius 3 is 2.22 bits per heavy atom. The molecule has 5 rings (SSSR count). The standard InChI is InChI=1S/C30H33NO4S/c1-33-23-10-8-22(9-11-23)30-28(26-15-14-25(34-2)20-27(26)36-30)29(32)21-6-12-24(13-7-21)35-19-18-31-16-4-3-5-17-31/h6-15,20,28,30H,3-5,16-19H2,1-2H3/t28-,30-/m0/s1. The van der Waals surface area contributed by atoms with Crippen LogP contribution in [0.1, 0.15) is 51.9 Å². The lowest BCUT2D eigenvalue weighted by atomic mass is 9.85. The van der Waals surface area contributed by atoms with E-state index in [4.69, 9.17) is 14.2 Å². The van der Waals surface area contributed by atoms with Crippen LogP contribution in [-0.2, 0) is 0 Å². The van der Waals surface area contributed by atoms with Crippen molar-refractivity contribution in [2.45, 2.75) is 35.3 Å². The van der Waals surface area contributed by atoms with Crippen molar-refractivity contribution in [3.05, 3.63) is 83.4 Å². The van der Waals surface area contributed by atoms with E-state index in [0.717, 1.165) is 39.8 Å². The molecule has 36 heavy (non-hydrogen) atoms. The number of rotatable bonds is 9. The number of Topliss-reactive ketones (excluding diaryl/α,β-unsaturated/α-hetero) is 1. The van der Waals surface area contributed by atoms with Crippen LogP contribution in [0.15, 0.2) is 71.6 Å². The number of nitrogens with zero attached hydrogens (tertiary/aromatic N) is 1. The van der Waals surface area contributed by atoms with E-state index in [2.05, 4.69) is 17.0 Å². The lowest BCUT2D eigenvalue weighted by Gasteiger charge is -2.26. The summed E-state index contributed by atoms with van der Waals surface area (Å²) in [6.45, 7) is 3.95. The van der Waals surface area contributed by atoms with Crippen LogP contribution in [0.2, 0.25) is 0 Å². The largest absolute Gasteiger partial charge is 0.497 e. The quantitative estimate of drug-likeness (QED) is 0.316. The highest BCUT2D eigenvalue weighted by molar-refractivity contribution is 8.00. The summed E-state index contributed by atoms with van der Waals surface area (Å²) in [5, 5.41) is -0.0222. The van der Waals surface area contributed by atoms with Gasteiger partial charge in [-0.1, -0.05) is 24.6 Å². The third kappa shape index (κ3) is 5.40. The highest BCUT2D eigenvalue weighted by atomic mass is 32.2. The van der Waals surface area contributed by atoms with Crippen LogP contribution in [0.5, 0.6) is 17.2 Å². The smallest absolute Gasteiger partial charge is 0.171 e. The number of thioether (sulfide) groups is 1. The highest BCUT2D eigenvalue weighted by Gasteiger charge is 2.39. The van der Waals surface area contributed by atoms with E-state index in [9.17, 15) is 4.79 Å². The molecule has 1 saturated heterocycles. The Hall–Kier alpha value is -2.96. The molecule has 0 bridgehead atoms. The second-order valence-corrected chi connectivity index (χ2v) is 10.5. The minimum atomic E-state index is -0.282. The van der Waals surface area contributed by atoms with E-state index in [1.165, 1.54) is 32.4 Å². The number of ketones is 1. The first kappa shape index (κ1) is 24.7. The van der Waals surface area contributed by atoms with Gasteiger partial charge in [-0.3, -0.25) is 9.69 Å². The lowest BCUT2D eigenvalue weighted by molar-refractivity contribution is 0.0958. The van der Waals surface area contributed by atoms with Gasteiger partial charge in [0, 0.05) is 22.3 Å². The van der Waals surface area contributed by atoms with Gasteiger partial charge in [-0.05, 0) is 85.6 Å². The Morgan fingerprint density at radius 1 is 0.861 bits per heavy atom. The van der Waals surface area contributed by atoms with Crippen molar-refractivity contribution in [1.82, 2.24) is 4.90 Å². The van der Waals surface area contributed by atoms with Gasteiger partial charge < -0.3 is 14.2 Å². The molecule has 2 heterocycles. The van der Waals surface area contributed by atoms with E-state index < -0.39 is 0 Å². The molecule has 0 amide bonds. The zero-order valence-electron chi connectivity index (χ0n) is 20.9. The van der Waals surface area contributed by atoms with Crippen molar-refractivity contribution in [2.75, 3.05) is 40.5 Å². The zero-order valence-corrected chi connectivity index (χ0v) is 21.8. The molecule has 6 heteroatoms. The van der Waals surface area contributed by atoms with Gasteiger partial charge in [0.1, 0.15) is 23.9 Å². The minimum absolute atomic E-state index is 0.0222. The number of carbonyl (C=O) groups excluding carboxylic acids is 1. The predicted molar refractivity (Wildman–Crippen MR) is 144 cm³/mol. The van der Waals surface area contributed by atoms with Gasteiger partial charge in [-0.15, -0.1) is 11.8 Å². The van der Waals surface area contributed by atoms with Crippen LogP contribution in [-0.4, -0.2) is 51.1 Å². The second-order valence-electron chi connectivity index (χ2n) is 9.33. The molecule has 2 aliphatic rings. The van der Waals surface area contributed by atoms with Gasteiger partial charge in [0.25, 0.3) is 0 Å². The van der Waals surface area contributed by atoms with Crippen LogP contribution in [0.4, 0.5) is 0 Å². The summed E-state index contributed by atoms with van der Waals surface area (Å²) in [5.74, 6) is 2.25. The van der Waals surface area contributed by atoms with Crippen molar-refractivity contribution in [1.29, 1.82) is 0 Å². The summed E-state index contributed by atoms with van der Waals surface area (Å²) in [5.41, 5.74) is 2.85. The molecule has 2 atom stereocenters. The molecule has 0 radical (unpaired) electrons. The third-order valence-corrected chi connectivity index (χ3v) is 8.51. The molecule has 3 aromatic carbocycles. The van der Waals surface area contributed by atoms with Crippen LogP contribution < -0.4 is 14.2 Å². The Morgan fingerprint density at radius 2 is 1.53 bits per heavy atom. The Labute approximate surface area is 217 Å². The van der Waals surface area contributed by atoms with Crippen molar-refractivity contribution in [3.8, 4) is 17.2 Å². The molecule has 0 aromatic heterocycles. The molecule has 0 spiro atoms. The van der Waals surface area contributed by atoms with E-state index >= 15 is 0 Å². The highest BCUT2D eigenvalue weighted by Crippen LogP contribution is 2.56. The zero-order chi connectivity index (χ0) is 24.9. The van der Waals surface area contributed by atoms with Gasteiger partial charge in [0.15, 0.2) is 5.78 Å². The molecule has 0 aliphatic carbocycles. The first-order valence-corrected chi connectivity index (χ1v) is 13.5. The second kappa shape index (κ2) is 11.4. The normalized spacial score (nSPS) is 19.5. The van der Waals surface area contributed by atoms with Crippen LogP contribution in [0.3, 0.4) is 0 Å². The van der Waals surface area contributed by atoms with Gasteiger partial charge in [-0.25, -0.2) is 0 Å². The van der Waals surface area contributed by atoms with Crippen LogP contribution in [0.25, 0.3) is 0 Å². The van der Waals surface area contributed by atoms with Crippen molar-refractivity contribution in [2.24, 2.45) is 0 Å². The van der Waals surface area contributed by atoms with Gasteiger partial charge >= 0.3 is 0 Å². The number of ether oxygens (including phenoxy) is 3. The van der Waals surface area contributed by atoms with Crippen molar-refractivity contribution >= 4 is 17.5 Å². The Balaban J connectivity index is 1.33. The molecule has 1 fully saturated rings. The average Bonchev–Trinajstić information content (AvgIpc) is 3.32. The molecule has 188 valence electrons. The van der Waals surface area contributed by atoms with Gasteiger partial charge in [0.2, 0.25) is 0 Å². The number of likely N-dealkylation sites (tertiary alicyclic amines) is 1. The first-order chi connectivity index (χ1) is 17.7. The lowest BCUT2D eigenvalue weighted by Crippen LogP contribution is -2.33. The molecule has 3 aromatic rings. The monoisotopic (exact) mass is 503 g/mol. The fourth-order valence-corrected chi connectivity index (χ4v) is 6.56. The molecular formula is C30H33NO4S. The fraction of sp³-hybridized carbons (Fsp3) is 0.367. The van der Waals surface area contributed by atoms with Crippen molar-refractivity contribution in [3.63, 3.8) is 0 Å². The summed E-state index contributed by atoms with van der Waals surface area (Å²) in [6.07, 6.45) is 3.90. The number of carbonyl (C=O) groups is 1. The number of hydrogen-bond donors (Lipinski definition) is 0. The summed E-state index contributed by atoms with van der Waals surface area (Å²) in [7, 11) is 3.33. The van der Waals surface area contributed by atoms with Crippen molar-refractivity contribution < 1.29 is 19.0 Å². The Bertz CT molecular complexity index is 1170. The SMILES string of the molecule is COc1ccc([C@@H]2Sc3cc(OC)ccc3[C@H]2C(=O)c2ccc(OCCN3CCCCC3)cc2)cc1. The summed E-state index contributed by atoms with van der Waals surface area (Å²) in [6, 6.07) is 21.7. The maximum atomic E-state index is 13.9. The maximum absolute atomic E-state index is 13.9. The molecule has 0 N–H and O–H groups in total. The van der Waals surface area contributed by atoms with Crippen LogP contribution in [0, 0.1) is 0 Å². The van der Waals surface area contributed by atoms with E-state index in [0.29, 0.717) is 12.2 Å². The Kier molecular flexibility index (Phi) is 7.83. The molecular weight excluding hydrogens is 470 g/mol. The fourth-order valence-electron chi connectivity index (χ4n) is 5.07. The van der Waals surface area contributed by atoms with Crippen LogP contribution >= 0.6 is 11.8 Å². The average molecular weight is 504 g/mol. The summed E-state index contributed by atoms with van der Waals surface area (Å²) < 4.78 is 16.8. The number of methoxy groups -OCH3 is 2. The summed E-state index contributed by atoms with van der Waals surface area (Å²) >= 11 is 1.72. The van der Waals surface area contributed by atoms with E-state index in [1.54, 1.807) is 26.0 Å². The predicted octanol–water partition coefficient (Wildman–Crippen LogP) is 6.38. The summed E-state index contributed by atoms with van der Waals surface area (Å²) in [4.78, 5) is 17.4. The number of hydrogen-bond acceptors (Lipinski definition) is 6. The number of piperidine rings is 1. The molecule has 0 unspecified atom stereocenters. The van der Waals surface area contributed by atoms with E-state index in [-0.39, 0.29) is 17.0 Å². The van der Waals surface area contributed by atoms with E-state index in [1.807, 2.05) is 54.6 Å². The number of benzene rings is 3. The van der Waals surface area contributed by atoms with Gasteiger partial charge in [0.05, 0.1) is 20.1 Å². The molecule has 5 nitrogen and oxygen atoms in total.